The molecule has 0 radical (unpaired) electrons. The number of fused-ring (bicyclic) bond motifs is 1. The van der Waals surface area contributed by atoms with E-state index < -0.39 is 5.97 Å². The topological polar surface area (TPSA) is 59.2 Å². The maximum Gasteiger partial charge on any atom is 0.344 e. The van der Waals surface area contributed by atoms with Crippen LogP contribution >= 0.6 is 23.4 Å². The largest absolute Gasteiger partial charge is 0.465 e. The van der Waals surface area contributed by atoms with Crippen LogP contribution in [0.3, 0.4) is 0 Å². The number of para-hydroxylation sites is 1. The summed E-state index contributed by atoms with van der Waals surface area (Å²) in [5, 5.41) is 1.58. The van der Waals surface area contributed by atoms with Gasteiger partial charge in [-0.1, -0.05) is 41.9 Å². The highest BCUT2D eigenvalue weighted by Crippen LogP contribution is 2.28. The van der Waals surface area contributed by atoms with Gasteiger partial charge < -0.3 is 9.72 Å². The smallest absolute Gasteiger partial charge is 0.344 e. The molecule has 1 N–H and O–H groups in total. The van der Waals surface area contributed by atoms with Crippen LogP contribution in [0.1, 0.15) is 15.9 Å². The van der Waals surface area contributed by atoms with Gasteiger partial charge in [-0.3, -0.25) is 4.79 Å². The van der Waals surface area contributed by atoms with Crippen LogP contribution in [0.2, 0.25) is 5.02 Å². The fourth-order valence-corrected chi connectivity index (χ4v) is 3.71. The normalized spacial score (nSPS) is 10.8. The zero-order valence-corrected chi connectivity index (χ0v) is 14.4. The first kappa shape index (κ1) is 16.6. The van der Waals surface area contributed by atoms with Crippen molar-refractivity contribution in [3.63, 3.8) is 0 Å². The van der Waals surface area contributed by atoms with E-state index in [-0.39, 0.29) is 11.0 Å². The second kappa shape index (κ2) is 7.11. The van der Waals surface area contributed by atoms with Crippen molar-refractivity contribution in [2.24, 2.45) is 0 Å². The predicted octanol–water partition coefficient (Wildman–Crippen LogP) is 4.26. The van der Waals surface area contributed by atoms with Gasteiger partial charge in [-0.2, -0.15) is 0 Å². The highest BCUT2D eigenvalue weighted by Gasteiger charge is 2.20. The van der Waals surface area contributed by atoms with Gasteiger partial charge in [0.2, 0.25) is 5.43 Å². The molecule has 0 unspecified atom stereocenters. The minimum absolute atomic E-state index is 0.0215. The van der Waals surface area contributed by atoms with Crippen LogP contribution in [0, 0.1) is 0 Å². The monoisotopic (exact) mass is 359 g/mol. The van der Waals surface area contributed by atoms with Crippen molar-refractivity contribution in [3.8, 4) is 0 Å². The van der Waals surface area contributed by atoms with Crippen LogP contribution in [0.15, 0.2) is 58.4 Å². The summed E-state index contributed by atoms with van der Waals surface area (Å²) in [5.74, 6) is -0.124. The van der Waals surface area contributed by atoms with Crippen LogP contribution in [-0.4, -0.2) is 18.1 Å². The van der Waals surface area contributed by atoms with Crippen molar-refractivity contribution in [1.82, 2.24) is 4.98 Å². The van der Waals surface area contributed by atoms with E-state index >= 15 is 0 Å². The highest BCUT2D eigenvalue weighted by atomic mass is 35.5. The van der Waals surface area contributed by atoms with Gasteiger partial charge in [0.1, 0.15) is 5.56 Å². The van der Waals surface area contributed by atoms with Crippen molar-refractivity contribution in [2.75, 3.05) is 7.11 Å². The number of ether oxygens (including phenoxy) is 1. The summed E-state index contributed by atoms with van der Waals surface area (Å²) >= 11 is 7.52. The number of hydrogen-bond acceptors (Lipinski definition) is 4. The van der Waals surface area contributed by atoms with Crippen LogP contribution in [-0.2, 0) is 10.5 Å². The number of carbonyl (C=O) groups is 1. The number of esters is 1. The number of halogens is 1. The lowest BCUT2D eigenvalue weighted by Crippen LogP contribution is -2.19. The molecule has 3 aromatic rings. The van der Waals surface area contributed by atoms with E-state index in [0.717, 1.165) is 5.56 Å². The number of methoxy groups -OCH3 is 1. The molecule has 1 heterocycles. The Bertz CT molecular complexity index is 968. The van der Waals surface area contributed by atoms with Crippen molar-refractivity contribution in [3.05, 3.63) is 74.9 Å². The summed E-state index contributed by atoms with van der Waals surface area (Å²) in [5.41, 5.74) is 1.29. The van der Waals surface area contributed by atoms with Gasteiger partial charge in [0.05, 0.1) is 17.7 Å². The van der Waals surface area contributed by atoms with E-state index in [0.29, 0.717) is 26.7 Å². The summed E-state index contributed by atoms with van der Waals surface area (Å²) in [7, 11) is 1.26. The highest BCUT2D eigenvalue weighted by molar-refractivity contribution is 7.98. The average Bonchev–Trinajstić information content (AvgIpc) is 2.60. The Balaban J connectivity index is 2.07. The van der Waals surface area contributed by atoms with E-state index in [1.54, 1.807) is 18.2 Å². The number of nitrogens with one attached hydrogen (secondary N) is 1. The molecular formula is C18H14ClNO3S. The van der Waals surface area contributed by atoms with Crippen molar-refractivity contribution >= 4 is 40.2 Å². The molecule has 0 fully saturated rings. The summed E-state index contributed by atoms with van der Waals surface area (Å²) in [6, 6.07) is 14.5. The second-order valence-electron chi connectivity index (χ2n) is 5.08. The number of benzene rings is 2. The third-order valence-corrected chi connectivity index (χ3v) is 5.01. The molecule has 2 aromatic carbocycles. The lowest BCUT2D eigenvalue weighted by Gasteiger charge is -2.10. The van der Waals surface area contributed by atoms with Crippen molar-refractivity contribution in [2.45, 2.75) is 10.8 Å². The Morgan fingerprint density at radius 3 is 2.62 bits per heavy atom. The van der Waals surface area contributed by atoms with Gasteiger partial charge in [-0.05, 0) is 23.8 Å². The molecule has 4 nitrogen and oxygen atoms in total. The first-order chi connectivity index (χ1) is 11.6. The van der Waals surface area contributed by atoms with E-state index in [9.17, 15) is 9.59 Å². The molecule has 3 rings (SSSR count). The summed E-state index contributed by atoms with van der Waals surface area (Å²) in [6.07, 6.45) is 0. The molecule has 0 aliphatic carbocycles. The van der Waals surface area contributed by atoms with E-state index in [4.69, 9.17) is 16.3 Å². The predicted molar refractivity (Wildman–Crippen MR) is 96.9 cm³/mol. The second-order valence-corrected chi connectivity index (χ2v) is 6.47. The third-order valence-electron chi connectivity index (χ3n) is 3.59. The standard InChI is InChI=1S/C18H14ClNO3S/c1-23-18(22)15-16(21)12-7-3-5-9-14(12)20-17(15)24-10-11-6-2-4-8-13(11)19/h2-9H,10H2,1H3,(H,20,21). The molecule has 24 heavy (non-hydrogen) atoms. The summed E-state index contributed by atoms with van der Waals surface area (Å²) in [6.45, 7) is 0. The maximum absolute atomic E-state index is 12.7. The molecule has 1 aromatic heterocycles. The maximum atomic E-state index is 12.7. The van der Waals surface area contributed by atoms with Crippen molar-refractivity contribution < 1.29 is 9.53 Å². The van der Waals surface area contributed by atoms with Gasteiger partial charge in [-0.25, -0.2) is 4.79 Å². The first-order valence-corrected chi connectivity index (χ1v) is 8.57. The Labute approximate surface area is 147 Å². The third kappa shape index (κ3) is 3.18. The Morgan fingerprint density at radius 1 is 1.17 bits per heavy atom. The van der Waals surface area contributed by atoms with Crippen LogP contribution in [0.4, 0.5) is 0 Å². The Morgan fingerprint density at radius 2 is 1.88 bits per heavy atom. The van der Waals surface area contributed by atoms with Crippen LogP contribution in [0.25, 0.3) is 10.9 Å². The fraction of sp³-hybridized carbons (Fsp3) is 0.111. The first-order valence-electron chi connectivity index (χ1n) is 7.21. The molecule has 6 heteroatoms. The minimum Gasteiger partial charge on any atom is -0.465 e. The van der Waals surface area contributed by atoms with Crippen LogP contribution in [0.5, 0.6) is 0 Å². The number of aromatic nitrogens is 1. The molecule has 0 aliphatic heterocycles. The number of carbonyl (C=O) groups excluding carboxylic acids is 1. The van der Waals surface area contributed by atoms with E-state index in [2.05, 4.69) is 4.98 Å². The molecule has 0 atom stereocenters. The Hall–Kier alpha value is -2.24. The molecule has 0 saturated carbocycles. The van der Waals surface area contributed by atoms with Gasteiger partial charge in [0.15, 0.2) is 0 Å². The summed E-state index contributed by atoms with van der Waals surface area (Å²) in [4.78, 5) is 27.9. The van der Waals surface area contributed by atoms with Gasteiger partial charge >= 0.3 is 5.97 Å². The van der Waals surface area contributed by atoms with Gasteiger partial charge in [0.25, 0.3) is 0 Å². The van der Waals surface area contributed by atoms with Gasteiger partial charge in [-0.15, -0.1) is 11.8 Å². The van der Waals surface area contributed by atoms with E-state index in [1.807, 2.05) is 30.3 Å². The molecule has 0 amide bonds. The number of rotatable bonds is 4. The fourth-order valence-electron chi connectivity index (χ4n) is 2.37. The van der Waals surface area contributed by atoms with Crippen molar-refractivity contribution in [1.29, 1.82) is 0 Å². The zero-order chi connectivity index (χ0) is 17.1. The molecular weight excluding hydrogens is 346 g/mol. The quantitative estimate of drug-likeness (QED) is 0.558. The minimum atomic E-state index is -0.649. The number of hydrogen-bond donors (Lipinski definition) is 1. The molecule has 0 aliphatic rings. The molecule has 0 spiro atoms. The lowest BCUT2D eigenvalue weighted by molar-refractivity contribution is 0.0594. The lowest BCUT2D eigenvalue weighted by atomic mass is 10.1. The number of H-pyrrole nitrogens is 1. The Kier molecular flexibility index (Phi) is 4.92. The SMILES string of the molecule is COC(=O)c1c(SCc2ccccc2Cl)[nH]c2ccccc2c1=O. The van der Waals surface area contributed by atoms with Crippen LogP contribution < -0.4 is 5.43 Å². The number of aromatic amines is 1. The number of thioether (sulfide) groups is 1. The van der Waals surface area contributed by atoms with E-state index in [1.165, 1.54) is 18.9 Å². The molecule has 0 bridgehead atoms. The zero-order valence-electron chi connectivity index (χ0n) is 12.8. The molecule has 122 valence electrons. The number of pyridine rings is 1. The average molecular weight is 360 g/mol. The molecule has 0 saturated heterocycles. The van der Waals surface area contributed by atoms with Gasteiger partial charge in [0, 0.05) is 16.2 Å². The summed E-state index contributed by atoms with van der Waals surface area (Å²) < 4.78 is 4.78.